The van der Waals surface area contributed by atoms with E-state index in [0.717, 1.165) is 0 Å². The van der Waals surface area contributed by atoms with Crippen LogP contribution in [0.25, 0.3) is 11.2 Å². The highest BCUT2D eigenvalue weighted by atomic mass is 16.6. The minimum Gasteiger partial charge on any atom is -0.463 e. The van der Waals surface area contributed by atoms with Crippen LogP contribution in [0.3, 0.4) is 0 Å². The van der Waals surface area contributed by atoms with Crippen LogP contribution in [0.2, 0.25) is 0 Å². The summed E-state index contributed by atoms with van der Waals surface area (Å²) in [6.07, 6.45) is 5.27. The molecule has 2 heterocycles. The molecule has 0 saturated carbocycles. The van der Waals surface area contributed by atoms with E-state index < -0.39 is 24.3 Å². The van der Waals surface area contributed by atoms with E-state index in [-0.39, 0.29) is 19.0 Å². The maximum Gasteiger partial charge on any atom is 0.302 e. The fraction of sp³-hybridized carbons (Fsp3) is 0.526. The van der Waals surface area contributed by atoms with Gasteiger partial charge in [0.25, 0.3) is 0 Å². The Balaban J connectivity index is 2.25. The van der Waals surface area contributed by atoms with Crippen molar-refractivity contribution in [3.05, 3.63) is 24.8 Å². The number of rotatable bonds is 12. The topological polar surface area (TPSA) is 161 Å². The number of likely N-dealkylation sites (N-methyl/N-ethyl adjacent to an activating group) is 1. The second-order valence-corrected chi connectivity index (χ2v) is 6.83. The highest BCUT2D eigenvalue weighted by molar-refractivity contribution is 5.81. The summed E-state index contributed by atoms with van der Waals surface area (Å²) in [4.78, 5) is 37.1. The van der Waals surface area contributed by atoms with Crippen molar-refractivity contribution in [1.82, 2.24) is 24.4 Å². The Hall–Kier alpha value is -3.09. The van der Waals surface area contributed by atoms with Crippen molar-refractivity contribution in [2.45, 2.75) is 26.2 Å². The zero-order valence-electron chi connectivity index (χ0n) is 17.9. The van der Waals surface area contributed by atoms with E-state index in [1.54, 1.807) is 4.57 Å². The fourth-order valence-corrected chi connectivity index (χ4v) is 2.79. The SMILES string of the molecule is CC(=O)OCC(CN(C)C/C=C\CN)OC(COC(C)=O)n1cnc2c(N)ncnc21. The van der Waals surface area contributed by atoms with E-state index in [1.807, 2.05) is 24.1 Å². The molecular formula is C19H29N7O5. The molecule has 0 saturated heterocycles. The molecule has 0 aliphatic heterocycles. The fourth-order valence-electron chi connectivity index (χ4n) is 2.79. The van der Waals surface area contributed by atoms with Gasteiger partial charge in [-0.05, 0) is 7.05 Å². The highest BCUT2D eigenvalue weighted by Gasteiger charge is 2.24. The Morgan fingerprint density at radius 3 is 2.55 bits per heavy atom. The average molecular weight is 435 g/mol. The largest absolute Gasteiger partial charge is 0.463 e. The number of aromatic nitrogens is 4. The van der Waals surface area contributed by atoms with Gasteiger partial charge in [-0.1, -0.05) is 12.2 Å². The minimum atomic E-state index is -0.781. The van der Waals surface area contributed by atoms with Crippen molar-refractivity contribution < 1.29 is 23.8 Å². The van der Waals surface area contributed by atoms with Crippen LogP contribution < -0.4 is 11.5 Å². The smallest absolute Gasteiger partial charge is 0.302 e. The number of nitrogens with zero attached hydrogens (tertiary/aromatic N) is 5. The maximum atomic E-state index is 11.4. The van der Waals surface area contributed by atoms with Gasteiger partial charge in [0.2, 0.25) is 0 Å². The van der Waals surface area contributed by atoms with Crippen molar-refractivity contribution in [3.8, 4) is 0 Å². The Morgan fingerprint density at radius 1 is 1.16 bits per heavy atom. The van der Waals surface area contributed by atoms with Crippen molar-refractivity contribution >= 4 is 28.9 Å². The molecule has 0 radical (unpaired) electrons. The lowest BCUT2D eigenvalue weighted by Gasteiger charge is -2.28. The van der Waals surface area contributed by atoms with E-state index in [4.69, 9.17) is 25.7 Å². The molecule has 170 valence electrons. The number of hydrogen-bond acceptors (Lipinski definition) is 11. The summed E-state index contributed by atoms with van der Waals surface area (Å²) in [6.45, 7) is 4.05. The highest BCUT2D eigenvalue weighted by Crippen LogP contribution is 2.21. The van der Waals surface area contributed by atoms with Gasteiger partial charge in [0, 0.05) is 33.5 Å². The number of ether oxygens (including phenoxy) is 3. The number of fused-ring (bicyclic) bond motifs is 1. The molecule has 0 amide bonds. The van der Waals surface area contributed by atoms with Gasteiger partial charge in [0.15, 0.2) is 17.7 Å². The first-order valence-corrected chi connectivity index (χ1v) is 9.70. The van der Waals surface area contributed by atoms with Crippen LogP contribution in [0.1, 0.15) is 20.1 Å². The number of esters is 2. The number of carbonyl (C=O) groups is 2. The molecule has 31 heavy (non-hydrogen) atoms. The quantitative estimate of drug-likeness (QED) is 0.337. The van der Waals surface area contributed by atoms with Gasteiger partial charge in [-0.25, -0.2) is 15.0 Å². The van der Waals surface area contributed by atoms with Crippen molar-refractivity contribution in [2.24, 2.45) is 5.73 Å². The Labute approximate surface area is 180 Å². The Morgan fingerprint density at radius 2 is 1.87 bits per heavy atom. The summed E-state index contributed by atoms with van der Waals surface area (Å²) in [7, 11) is 1.90. The van der Waals surface area contributed by atoms with E-state index in [2.05, 4.69) is 15.0 Å². The average Bonchev–Trinajstić information content (AvgIpc) is 3.14. The maximum absolute atomic E-state index is 11.4. The van der Waals surface area contributed by atoms with E-state index in [1.165, 1.54) is 26.5 Å². The molecule has 0 aromatic carbocycles. The van der Waals surface area contributed by atoms with E-state index in [0.29, 0.717) is 30.8 Å². The molecule has 0 bridgehead atoms. The van der Waals surface area contributed by atoms with Crippen molar-refractivity contribution in [3.63, 3.8) is 0 Å². The van der Waals surface area contributed by atoms with Crippen LogP contribution in [0, 0.1) is 0 Å². The van der Waals surface area contributed by atoms with E-state index >= 15 is 0 Å². The monoisotopic (exact) mass is 435 g/mol. The molecule has 2 rings (SSSR count). The van der Waals surface area contributed by atoms with Crippen LogP contribution in [-0.2, 0) is 23.8 Å². The zero-order valence-corrected chi connectivity index (χ0v) is 17.9. The first-order valence-electron chi connectivity index (χ1n) is 9.70. The predicted molar refractivity (Wildman–Crippen MR) is 113 cm³/mol. The Kier molecular flexibility index (Phi) is 9.31. The molecule has 2 aromatic rings. The van der Waals surface area contributed by atoms with Gasteiger partial charge in [0.1, 0.15) is 31.2 Å². The van der Waals surface area contributed by atoms with Crippen molar-refractivity contribution in [1.29, 1.82) is 0 Å². The molecule has 0 spiro atoms. The normalized spacial score (nSPS) is 13.6. The summed E-state index contributed by atoms with van der Waals surface area (Å²) in [5.74, 6) is -0.671. The zero-order chi connectivity index (χ0) is 22.8. The number of nitrogens with two attached hydrogens (primary N) is 2. The van der Waals surface area contributed by atoms with Gasteiger partial charge >= 0.3 is 11.9 Å². The molecular weight excluding hydrogens is 406 g/mol. The standard InChI is InChI=1S/C19H29N7O5/c1-13(27)29-9-15(8-25(3)7-5-4-6-20)31-16(10-30-14(2)28)26-12-24-17-18(21)22-11-23-19(17)26/h4-5,11-12,15-16H,6-10,20H2,1-3H3,(H2,21,22,23)/b5-4-. The second kappa shape index (κ2) is 11.9. The predicted octanol–water partition coefficient (Wildman–Crippen LogP) is -0.135. The first-order chi connectivity index (χ1) is 14.8. The lowest BCUT2D eigenvalue weighted by atomic mass is 10.3. The van der Waals surface area contributed by atoms with Gasteiger partial charge in [-0.2, -0.15) is 0 Å². The van der Waals surface area contributed by atoms with Gasteiger partial charge < -0.3 is 30.6 Å². The van der Waals surface area contributed by atoms with Gasteiger partial charge in [-0.3, -0.25) is 14.2 Å². The molecule has 2 aromatic heterocycles. The third-order valence-electron chi connectivity index (χ3n) is 4.18. The summed E-state index contributed by atoms with van der Waals surface area (Å²) in [6, 6.07) is 0. The number of carbonyl (C=O) groups excluding carboxylic acids is 2. The van der Waals surface area contributed by atoms with Crippen LogP contribution in [0.15, 0.2) is 24.8 Å². The lowest BCUT2D eigenvalue weighted by Crippen LogP contribution is -2.38. The molecule has 12 heteroatoms. The van der Waals surface area contributed by atoms with Crippen LogP contribution in [0.4, 0.5) is 5.82 Å². The third-order valence-corrected chi connectivity index (χ3v) is 4.18. The number of nitrogen functional groups attached to an aromatic ring is 1. The summed E-state index contributed by atoms with van der Waals surface area (Å²) < 4.78 is 18.2. The summed E-state index contributed by atoms with van der Waals surface area (Å²) in [5.41, 5.74) is 12.2. The summed E-state index contributed by atoms with van der Waals surface area (Å²) in [5, 5.41) is 0. The minimum absolute atomic E-state index is 0.0145. The Bertz CT molecular complexity index is 901. The van der Waals surface area contributed by atoms with Crippen LogP contribution in [0.5, 0.6) is 0 Å². The lowest BCUT2D eigenvalue weighted by molar-refractivity contribution is -0.160. The molecule has 4 N–H and O–H groups in total. The third kappa shape index (κ3) is 7.59. The summed E-state index contributed by atoms with van der Waals surface area (Å²) >= 11 is 0. The molecule has 0 fully saturated rings. The van der Waals surface area contributed by atoms with Crippen LogP contribution in [-0.4, -0.2) is 82.4 Å². The van der Waals surface area contributed by atoms with Gasteiger partial charge in [0.05, 0.1) is 6.33 Å². The number of imidazole rings is 1. The van der Waals surface area contributed by atoms with Gasteiger partial charge in [-0.15, -0.1) is 0 Å². The van der Waals surface area contributed by atoms with Crippen LogP contribution >= 0.6 is 0 Å². The van der Waals surface area contributed by atoms with E-state index in [9.17, 15) is 9.59 Å². The first kappa shape index (κ1) is 24.2. The molecule has 2 unspecified atom stereocenters. The number of anilines is 1. The molecule has 12 nitrogen and oxygen atoms in total. The molecule has 2 atom stereocenters. The van der Waals surface area contributed by atoms with Crippen molar-refractivity contribution in [2.75, 3.05) is 45.6 Å². The number of hydrogen-bond donors (Lipinski definition) is 2. The molecule has 0 aliphatic carbocycles. The second-order valence-electron chi connectivity index (χ2n) is 6.83. The molecule has 0 aliphatic rings.